The lowest BCUT2D eigenvalue weighted by Gasteiger charge is -2.30. The number of amides is 9. The van der Waals surface area contributed by atoms with Crippen LogP contribution in [0.2, 0.25) is 0 Å². The van der Waals surface area contributed by atoms with Gasteiger partial charge in [0.15, 0.2) is 12.0 Å². The monoisotopic (exact) mass is 1010 g/mol. The molecule has 2 aromatic rings. The van der Waals surface area contributed by atoms with Gasteiger partial charge in [-0.1, -0.05) is 24.3 Å². The Hall–Kier alpha value is -8.07. The second kappa shape index (κ2) is 27.9. The molecule has 3 rings (SSSR count). The van der Waals surface area contributed by atoms with Crippen molar-refractivity contribution >= 4 is 65.1 Å². The fraction of sp³-hybridized carbons (Fsp3) is 0.489. The van der Waals surface area contributed by atoms with Crippen molar-refractivity contribution in [3.63, 3.8) is 0 Å². The first-order valence-electron chi connectivity index (χ1n) is 22.8. The molecule has 2 aromatic carbocycles. The van der Waals surface area contributed by atoms with E-state index >= 15 is 0 Å². The molecule has 1 aliphatic rings. The Kier molecular flexibility index (Phi) is 22.6. The molecule has 72 heavy (non-hydrogen) atoms. The third kappa shape index (κ3) is 19.0. The summed E-state index contributed by atoms with van der Waals surface area (Å²) in [7, 11) is 0. The van der Waals surface area contributed by atoms with E-state index in [1.807, 2.05) is 0 Å². The molecule has 394 valence electrons. The molecule has 1 saturated heterocycles. The molecule has 9 amide bonds. The first-order valence-corrected chi connectivity index (χ1v) is 22.8. The van der Waals surface area contributed by atoms with E-state index in [0.29, 0.717) is 17.5 Å². The number of nitrogens with zero attached hydrogens (tertiary/aromatic N) is 2. The third-order valence-corrected chi connectivity index (χ3v) is 11.3. The molecular weight excluding hydrogens is 947 g/mol. The molecule has 1 fully saturated rings. The van der Waals surface area contributed by atoms with Crippen LogP contribution in [0.3, 0.4) is 0 Å². The number of aliphatic carboxylic acids is 1. The number of primary amides is 2. The molecule has 27 heteroatoms. The zero-order chi connectivity index (χ0) is 53.8. The maximum atomic E-state index is 14.1. The van der Waals surface area contributed by atoms with Crippen LogP contribution < -0.4 is 60.6 Å². The zero-order valence-corrected chi connectivity index (χ0v) is 39.7. The Balaban J connectivity index is 1.84. The molecule has 9 atom stereocenters. The van der Waals surface area contributed by atoms with Gasteiger partial charge < -0.3 is 85.9 Å². The zero-order valence-electron chi connectivity index (χ0n) is 39.7. The number of benzene rings is 2. The van der Waals surface area contributed by atoms with Crippen molar-refractivity contribution in [2.45, 2.75) is 126 Å². The molecule has 20 N–H and O–H groups in total. The second-order valence-electron chi connectivity index (χ2n) is 17.2. The predicted molar refractivity (Wildman–Crippen MR) is 255 cm³/mol. The molecule has 0 unspecified atom stereocenters. The van der Waals surface area contributed by atoms with Crippen LogP contribution in [0.25, 0.3) is 0 Å². The number of hydrogen-bond donors (Lipinski definition) is 15. The molecule has 1 aliphatic heterocycles. The van der Waals surface area contributed by atoms with Gasteiger partial charge in [-0.3, -0.25) is 48.1 Å². The number of rotatable bonds is 28. The Morgan fingerprint density at radius 2 is 1.17 bits per heavy atom. The Bertz CT molecular complexity index is 2290. The van der Waals surface area contributed by atoms with Crippen LogP contribution in [-0.2, 0) is 60.8 Å². The number of likely N-dealkylation sites (tertiary alicyclic amines) is 1. The number of aliphatic imine (C=N–C) groups is 1. The first-order chi connectivity index (χ1) is 33.9. The minimum Gasteiger partial charge on any atom is -0.508 e. The quantitative estimate of drug-likeness (QED) is 0.0215. The number of nitrogens with one attached hydrogen (secondary N) is 6. The molecule has 27 nitrogen and oxygen atoms in total. The van der Waals surface area contributed by atoms with E-state index in [0.717, 1.165) is 11.8 Å². The highest BCUT2D eigenvalue weighted by Gasteiger charge is 2.40. The van der Waals surface area contributed by atoms with E-state index in [-0.39, 0.29) is 75.5 Å². The van der Waals surface area contributed by atoms with Gasteiger partial charge in [0.2, 0.25) is 53.2 Å². The van der Waals surface area contributed by atoms with Crippen LogP contribution in [0.5, 0.6) is 11.5 Å². The fourth-order valence-electron chi connectivity index (χ4n) is 7.43. The van der Waals surface area contributed by atoms with Gasteiger partial charge in [0.25, 0.3) is 0 Å². The number of phenolic OH excluding ortho intramolecular Hbond substituents is 2. The highest BCUT2D eigenvalue weighted by molar-refractivity contribution is 5.99. The summed E-state index contributed by atoms with van der Waals surface area (Å²) in [5.74, 6) is -10.2. The number of aromatic hydroxyl groups is 2. The number of carboxylic acid groups (broad SMARTS) is 1. The molecule has 1 heterocycles. The Morgan fingerprint density at radius 1 is 0.667 bits per heavy atom. The van der Waals surface area contributed by atoms with Crippen molar-refractivity contribution in [3.8, 4) is 11.5 Å². The lowest BCUT2D eigenvalue weighted by molar-refractivity contribution is -0.145. The fourth-order valence-corrected chi connectivity index (χ4v) is 7.43. The predicted octanol–water partition coefficient (Wildman–Crippen LogP) is -5.21. The van der Waals surface area contributed by atoms with Crippen molar-refractivity contribution in [1.82, 2.24) is 36.8 Å². The van der Waals surface area contributed by atoms with Crippen molar-refractivity contribution in [2.75, 3.05) is 13.1 Å². The van der Waals surface area contributed by atoms with Gasteiger partial charge in [0.05, 0.1) is 18.6 Å². The van der Waals surface area contributed by atoms with Gasteiger partial charge in [-0.05, 0) is 81.3 Å². The number of aliphatic hydroxyl groups excluding tert-OH is 1. The summed E-state index contributed by atoms with van der Waals surface area (Å²) < 4.78 is 0. The number of nitrogens with two attached hydrogens (primary N) is 5. The SMILES string of the molecule is C[C@H](NC(=O)[C@H](CC(N)=O)NC(=O)[C@H](Cc1ccc(O)cc1)NC(=O)[C@H](CCCN=C(N)N)NC(=O)[C@@H](N)CCC(N)=O)C(=O)N1CCC[C@H]1C(=O)N[C@@H](Cc1ccc(O)cc1)C(=O)N[C@H](C(=O)O)[C@@H](C)O. The van der Waals surface area contributed by atoms with Crippen LogP contribution in [0.15, 0.2) is 53.5 Å². The average Bonchev–Trinajstić information content (AvgIpc) is 3.81. The molecule has 0 saturated carbocycles. The van der Waals surface area contributed by atoms with Gasteiger partial charge in [-0.2, -0.15) is 0 Å². The second-order valence-corrected chi connectivity index (χ2v) is 17.2. The Morgan fingerprint density at radius 3 is 1.68 bits per heavy atom. The highest BCUT2D eigenvalue weighted by atomic mass is 16.4. The molecule has 0 aromatic heterocycles. The van der Waals surface area contributed by atoms with Gasteiger partial charge in [-0.25, -0.2) is 4.79 Å². The summed E-state index contributed by atoms with van der Waals surface area (Å²) >= 11 is 0. The van der Waals surface area contributed by atoms with Crippen LogP contribution in [0.4, 0.5) is 0 Å². The number of guanidine groups is 1. The number of carbonyl (C=O) groups excluding carboxylic acids is 9. The smallest absolute Gasteiger partial charge is 0.328 e. The topological polar surface area (TPSA) is 469 Å². The van der Waals surface area contributed by atoms with Gasteiger partial charge in [-0.15, -0.1) is 0 Å². The van der Waals surface area contributed by atoms with Crippen molar-refractivity contribution < 1.29 is 68.4 Å². The molecular formula is C45H65N13O14. The maximum absolute atomic E-state index is 14.1. The minimum absolute atomic E-state index is 0.0181. The standard InChI is InChI=1S/C45H65N13O14/c1-22(43(70)58-18-4-6-33(58)42(69)56-31(20-25-9-13-27(61)14-10-25)41(68)57-36(23(2)59)44(71)72)52-39(66)32(21-35(48)63)55-40(67)30(19-24-7-11-26(60)12-8-24)54-38(65)29(5-3-17-51-45(49)50)53-37(64)28(46)15-16-34(47)62/h7-14,22-23,28-33,36,59-61H,3-6,15-21,46H2,1-2H3,(H2,47,62)(H2,48,63)(H,52,66)(H,53,64)(H,54,65)(H,55,67)(H,56,69)(H,57,68)(H,71,72)(H4,49,50,51)/t22-,23+,28-,29-,30-,31-,32-,33-,36-/m0/s1. The lowest BCUT2D eigenvalue weighted by atomic mass is 10.0. The normalized spacial score (nSPS) is 16.4. The molecule has 0 aliphatic carbocycles. The van der Waals surface area contributed by atoms with E-state index in [4.69, 9.17) is 28.7 Å². The van der Waals surface area contributed by atoms with Gasteiger partial charge >= 0.3 is 5.97 Å². The Labute approximate surface area is 413 Å². The van der Waals surface area contributed by atoms with Crippen LogP contribution >= 0.6 is 0 Å². The summed E-state index contributed by atoms with van der Waals surface area (Å²) in [6.07, 6.45) is -2.72. The third-order valence-electron chi connectivity index (χ3n) is 11.3. The molecule has 0 spiro atoms. The summed E-state index contributed by atoms with van der Waals surface area (Å²) in [6.45, 7) is 2.47. The van der Waals surface area contributed by atoms with Gasteiger partial charge in [0.1, 0.15) is 47.8 Å². The number of phenols is 2. The number of aliphatic hydroxyl groups is 1. The van der Waals surface area contributed by atoms with E-state index in [1.165, 1.54) is 55.5 Å². The minimum atomic E-state index is -1.75. The van der Waals surface area contributed by atoms with Gasteiger partial charge in [0, 0.05) is 32.4 Å². The van der Waals surface area contributed by atoms with E-state index < -0.39 is 120 Å². The van der Waals surface area contributed by atoms with Crippen molar-refractivity contribution in [2.24, 2.45) is 33.7 Å². The lowest BCUT2D eigenvalue weighted by Crippen LogP contribution is -2.60. The highest BCUT2D eigenvalue weighted by Crippen LogP contribution is 2.20. The van der Waals surface area contributed by atoms with Crippen molar-refractivity contribution in [3.05, 3.63) is 59.7 Å². The van der Waals surface area contributed by atoms with Crippen LogP contribution in [0.1, 0.15) is 69.9 Å². The van der Waals surface area contributed by atoms with E-state index in [2.05, 4.69) is 36.9 Å². The number of carboxylic acids is 1. The number of hydrogen-bond acceptors (Lipinski definition) is 15. The summed E-state index contributed by atoms with van der Waals surface area (Å²) in [5.41, 5.74) is 28.3. The molecule has 0 bridgehead atoms. The number of carbonyl (C=O) groups is 10. The summed E-state index contributed by atoms with van der Waals surface area (Å²) in [6, 6.07) is -0.607. The molecule has 0 radical (unpaired) electrons. The van der Waals surface area contributed by atoms with E-state index in [1.54, 1.807) is 0 Å². The largest absolute Gasteiger partial charge is 0.508 e. The maximum Gasteiger partial charge on any atom is 0.328 e. The average molecular weight is 1010 g/mol. The van der Waals surface area contributed by atoms with Crippen LogP contribution in [0, 0.1) is 0 Å². The summed E-state index contributed by atoms with van der Waals surface area (Å²) in [4.78, 5) is 137. The van der Waals surface area contributed by atoms with Crippen LogP contribution in [-0.4, -0.2) is 158 Å². The first kappa shape index (κ1) is 58.2. The van der Waals surface area contributed by atoms with Crippen molar-refractivity contribution in [1.29, 1.82) is 0 Å². The van der Waals surface area contributed by atoms with E-state index in [9.17, 15) is 68.4 Å². The summed E-state index contributed by atoms with van der Waals surface area (Å²) in [5, 5.41) is 53.8.